The maximum atomic E-state index is 13.7. The zero-order valence-electron chi connectivity index (χ0n) is 12.2. The molecule has 0 aliphatic rings. The molecule has 0 atom stereocenters. The van der Waals surface area contributed by atoms with Gasteiger partial charge in [0.2, 0.25) is 0 Å². The van der Waals surface area contributed by atoms with E-state index in [1.807, 2.05) is 31.2 Å². The summed E-state index contributed by atoms with van der Waals surface area (Å²) in [6.07, 6.45) is 0. The number of nitrogens with one attached hydrogen (secondary N) is 1. The van der Waals surface area contributed by atoms with Gasteiger partial charge in [0, 0.05) is 18.7 Å². The van der Waals surface area contributed by atoms with Gasteiger partial charge in [-0.3, -0.25) is 0 Å². The van der Waals surface area contributed by atoms with E-state index in [0.29, 0.717) is 24.6 Å². The van der Waals surface area contributed by atoms with Crippen LogP contribution < -0.4 is 20.5 Å². The minimum atomic E-state index is -0.413. The molecule has 0 spiro atoms. The highest BCUT2D eigenvalue weighted by molar-refractivity contribution is 5.62. The fraction of sp³-hybridized carbons (Fsp3) is 0.250. The number of methoxy groups -OCH3 is 1. The average molecular weight is 290 g/mol. The molecule has 5 heteroatoms. The van der Waals surface area contributed by atoms with E-state index >= 15 is 0 Å². The van der Waals surface area contributed by atoms with Crippen molar-refractivity contribution in [2.45, 2.75) is 6.92 Å². The molecule has 0 unspecified atom stereocenters. The van der Waals surface area contributed by atoms with Crippen LogP contribution in [0.15, 0.2) is 36.4 Å². The Labute approximate surface area is 123 Å². The summed E-state index contributed by atoms with van der Waals surface area (Å²) >= 11 is 0. The van der Waals surface area contributed by atoms with Crippen molar-refractivity contribution in [3.8, 4) is 11.5 Å². The van der Waals surface area contributed by atoms with E-state index in [0.717, 1.165) is 11.3 Å². The van der Waals surface area contributed by atoms with Crippen LogP contribution in [0.5, 0.6) is 11.5 Å². The predicted molar refractivity (Wildman–Crippen MR) is 82.5 cm³/mol. The molecule has 0 bridgehead atoms. The molecule has 0 fully saturated rings. The highest BCUT2D eigenvalue weighted by Crippen LogP contribution is 2.28. The molecule has 21 heavy (non-hydrogen) atoms. The van der Waals surface area contributed by atoms with Gasteiger partial charge in [0.1, 0.15) is 23.9 Å². The number of hydrogen-bond donors (Lipinski definition) is 2. The Balaban J connectivity index is 1.89. The molecule has 2 rings (SSSR count). The van der Waals surface area contributed by atoms with Crippen LogP contribution in [-0.2, 0) is 0 Å². The number of nitrogens with two attached hydrogens (primary N) is 1. The SMILES string of the molecule is COc1cc(NCCOc2cccc(C)c2)c(F)cc1N. The predicted octanol–water partition coefficient (Wildman–Crippen LogP) is 3.22. The van der Waals surface area contributed by atoms with Crippen LogP contribution in [0, 0.1) is 12.7 Å². The summed E-state index contributed by atoms with van der Waals surface area (Å²) in [7, 11) is 1.49. The smallest absolute Gasteiger partial charge is 0.148 e. The van der Waals surface area contributed by atoms with Crippen LogP contribution in [0.3, 0.4) is 0 Å². The van der Waals surface area contributed by atoms with Gasteiger partial charge in [-0.2, -0.15) is 0 Å². The van der Waals surface area contributed by atoms with Crippen LogP contribution in [0.4, 0.5) is 15.8 Å². The van der Waals surface area contributed by atoms with Crippen molar-refractivity contribution in [1.29, 1.82) is 0 Å². The fourth-order valence-corrected chi connectivity index (χ4v) is 1.94. The molecule has 0 heterocycles. The lowest BCUT2D eigenvalue weighted by Crippen LogP contribution is -2.12. The Morgan fingerprint density at radius 2 is 2.05 bits per heavy atom. The molecule has 0 aliphatic carbocycles. The van der Waals surface area contributed by atoms with Crippen LogP contribution in [0.1, 0.15) is 5.56 Å². The normalized spacial score (nSPS) is 10.2. The van der Waals surface area contributed by atoms with Gasteiger partial charge >= 0.3 is 0 Å². The molecule has 4 nitrogen and oxygen atoms in total. The summed E-state index contributed by atoms with van der Waals surface area (Å²) < 4.78 is 24.4. The third-order valence-corrected chi connectivity index (χ3v) is 3.00. The fourth-order valence-electron chi connectivity index (χ4n) is 1.94. The van der Waals surface area contributed by atoms with Gasteiger partial charge in [0.15, 0.2) is 0 Å². The van der Waals surface area contributed by atoms with Crippen molar-refractivity contribution in [2.75, 3.05) is 31.3 Å². The molecule has 0 saturated carbocycles. The lowest BCUT2D eigenvalue weighted by molar-refractivity contribution is 0.332. The minimum absolute atomic E-state index is 0.275. The summed E-state index contributed by atoms with van der Waals surface area (Å²) in [5, 5.41) is 2.96. The first kappa shape index (κ1) is 15.0. The Morgan fingerprint density at radius 3 is 2.76 bits per heavy atom. The molecular weight excluding hydrogens is 271 g/mol. The number of halogens is 1. The van der Waals surface area contributed by atoms with E-state index in [9.17, 15) is 4.39 Å². The molecular formula is C16H19FN2O2. The van der Waals surface area contributed by atoms with E-state index < -0.39 is 5.82 Å². The number of ether oxygens (including phenoxy) is 2. The van der Waals surface area contributed by atoms with Gasteiger partial charge in [-0.05, 0) is 24.6 Å². The molecule has 0 aromatic heterocycles. The first-order chi connectivity index (χ1) is 10.1. The summed E-state index contributed by atoms with van der Waals surface area (Å²) in [4.78, 5) is 0. The highest BCUT2D eigenvalue weighted by atomic mass is 19.1. The monoisotopic (exact) mass is 290 g/mol. The van der Waals surface area contributed by atoms with E-state index in [-0.39, 0.29) is 5.69 Å². The standard InChI is InChI=1S/C16H19FN2O2/c1-11-4-3-5-12(8-11)21-7-6-19-15-10-16(20-2)14(18)9-13(15)17/h3-5,8-10,19H,6-7,18H2,1-2H3. The number of rotatable bonds is 6. The zero-order chi connectivity index (χ0) is 15.2. The minimum Gasteiger partial charge on any atom is -0.495 e. The van der Waals surface area contributed by atoms with Crippen molar-refractivity contribution in [3.05, 3.63) is 47.8 Å². The maximum absolute atomic E-state index is 13.7. The van der Waals surface area contributed by atoms with E-state index in [1.54, 1.807) is 0 Å². The van der Waals surface area contributed by atoms with E-state index in [4.69, 9.17) is 15.2 Å². The first-order valence-corrected chi connectivity index (χ1v) is 6.66. The third-order valence-electron chi connectivity index (χ3n) is 3.00. The van der Waals surface area contributed by atoms with E-state index in [1.165, 1.54) is 19.2 Å². The first-order valence-electron chi connectivity index (χ1n) is 6.66. The lowest BCUT2D eigenvalue weighted by Gasteiger charge is -2.12. The molecule has 0 aliphatic heterocycles. The molecule has 2 aromatic rings. The molecule has 0 amide bonds. The van der Waals surface area contributed by atoms with E-state index in [2.05, 4.69) is 5.32 Å². The van der Waals surface area contributed by atoms with Crippen molar-refractivity contribution in [3.63, 3.8) is 0 Å². The number of benzene rings is 2. The van der Waals surface area contributed by atoms with Gasteiger partial charge in [-0.25, -0.2) is 4.39 Å². The molecule has 112 valence electrons. The van der Waals surface area contributed by atoms with Gasteiger partial charge in [0.05, 0.1) is 18.5 Å². The summed E-state index contributed by atoms with van der Waals surface area (Å²) in [6, 6.07) is 10.6. The summed E-state index contributed by atoms with van der Waals surface area (Å²) in [6.45, 7) is 2.90. The highest BCUT2D eigenvalue weighted by Gasteiger charge is 2.07. The quantitative estimate of drug-likeness (QED) is 0.633. The number of aryl methyl sites for hydroxylation is 1. The topological polar surface area (TPSA) is 56.5 Å². The van der Waals surface area contributed by atoms with Gasteiger partial charge in [0.25, 0.3) is 0 Å². The Kier molecular flexibility index (Phi) is 4.87. The number of anilines is 2. The molecule has 2 aromatic carbocycles. The van der Waals surface area contributed by atoms with Gasteiger partial charge in [-0.1, -0.05) is 12.1 Å². The molecule has 0 saturated heterocycles. The van der Waals surface area contributed by atoms with Gasteiger partial charge in [-0.15, -0.1) is 0 Å². The summed E-state index contributed by atoms with van der Waals surface area (Å²) in [5.74, 6) is 0.828. The molecule has 0 radical (unpaired) electrons. The average Bonchev–Trinajstić information content (AvgIpc) is 2.45. The zero-order valence-corrected chi connectivity index (χ0v) is 12.2. The third kappa shape index (κ3) is 4.02. The lowest BCUT2D eigenvalue weighted by atomic mass is 10.2. The van der Waals surface area contributed by atoms with Crippen molar-refractivity contribution >= 4 is 11.4 Å². The van der Waals surface area contributed by atoms with Crippen LogP contribution >= 0.6 is 0 Å². The second-order valence-electron chi connectivity index (χ2n) is 4.67. The van der Waals surface area contributed by atoms with Crippen LogP contribution in [0.25, 0.3) is 0 Å². The van der Waals surface area contributed by atoms with Crippen LogP contribution in [0.2, 0.25) is 0 Å². The van der Waals surface area contributed by atoms with Crippen molar-refractivity contribution in [1.82, 2.24) is 0 Å². The Bertz CT molecular complexity index is 617. The second kappa shape index (κ2) is 6.83. The largest absolute Gasteiger partial charge is 0.495 e. The van der Waals surface area contributed by atoms with Crippen molar-refractivity contribution < 1.29 is 13.9 Å². The maximum Gasteiger partial charge on any atom is 0.148 e. The molecule has 3 N–H and O–H groups in total. The Hall–Kier alpha value is -2.43. The number of nitrogen functional groups attached to an aromatic ring is 1. The number of hydrogen-bond acceptors (Lipinski definition) is 4. The van der Waals surface area contributed by atoms with Crippen LogP contribution in [-0.4, -0.2) is 20.3 Å². The van der Waals surface area contributed by atoms with Gasteiger partial charge < -0.3 is 20.5 Å². The summed E-state index contributed by atoms with van der Waals surface area (Å²) in [5.41, 5.74) is 7.38. The van der Waals surface area contributed by atoms with Crippen molar-refractivity contribution in [2.24, 2.45) is 0 Å². The Morgan fingerprint density at radius 1 is 1.24 bits per heavy atom. The second-order valence-corrected chi connectivity index (χ2v) is 4.67.